The maximum absolute atomic E-state index is 14.6. The Kier molecular flexibility index (Phi) is 11.5. The molecule has 0 aliphatic heterocycles. The lowest BCUT2D eigenvalue weighted by Crippen LogP contribution is -2.54. The lowest BCUT2D eigenvalue weighted by Gasteiger charge is -2.34. The number of nitrogens with one attached hydrogen (secondary N) is 1. The van der Waals surface area contributed by atoms with Gasteiger partial charge in [-0.3, -0.25) is 13.9 Å². The molecule has 2 amide bonds. The summed E-state index contributed by atoms with van der Waals surface area (Å²) in [4.78, 5) is 30.2. The normalized spacial score (nSPS) is 14.0. The van der Waals surface area contributed by atoms with E-state index in [1.54, 1.807) is 48.5 Å². The van der Waals surface area contributed by atoms with Gasteiger partial charge < -0.3 is 10.2 Å². The van der Waals surface area contributed by atoms with Crippen LogP contribution < -0.4 is 9.62 Å². The first-order valence-electron chi connectivity index (χ1n) is 15.4. The van der Waals surface area contributed by atoms with E-state index in [1.165, 1.54) is 23.1 Å². The summed E-state index contributed by atoms with van der Waals surface area (Å²) in [5, 5.41) is 4.13. The molecule has 4 aromatic rings. The summed E-state index contributed by atoms with van der Waals surface area (Å²) in [7, 11) is -4.24. The van der Waals surface area contributed by atoms with Gasteiger partial charge in [0.2, 0.25) is 11.8 Å². The lowest BCUT2D eigenvalue weighted by atomic mass is 10.0. The minimum absolute atomic E-state index is 0.00701. The fourth-order valence-corrected chi connectivity index (χ4v) is 7.66. The number of carbonyl (C=O) groups is 2. The zero-order chi connectivity index (χ0) is 33.6. The Morgan fingerprint density at radius 3 is 2.19 bits per heavy atom. The molecule has 1 atom stereocenters. The van der Waals surface area contributed by atoms with Crippen LogP contribution in [0.25, 0.3) is 0 Å². The quantitative estimate of drug-likeness (QED) is 0.162. The van der Waals surface area contributed by atoms with Crippen LogP contribution in [0.15, 0.2) is 102 Å². The Hall–Kier alpha value is -3.56. The average molecular weight is 713 g/mol. The number of hydrogen-bond acceptors (Lipinski definition) is 4. The molecule has 1 aliphatic rings. The molecule has 5 rings (SSSR count). The van der Waals surface area contributed by atoms with E-state index in [4.69, 9.17) is 34.8 Å². The molecular weight excluding hydrogens is 677 g/mol. The second kappa shape index (κ2) is 15.6. The largest absolute Gasteiger partial charge is 0.352 e. The minimum Gasteiger partial charge on any atom is -0.352 e. The van der Waals surface area contributed by atoms with E-state index in [2.05, 4.69) is 5.32 Å². The number of sulfonamides is 1. The van der Waals surface area contributed by atoms with Crippen molar-refractivity contribution < 1.29 is 18.0 Å². The van der Waals surface area contributed by atoms with E-state index in [0.29, 0.717) is 20.6 Å². The summed E-state index contributed by atoms with van der Waals surface area (Å²) in [6.07, 6.45) is 3.98. The van der Waals surface area contributed by atoms with E-state index < -0.39 is 28.5 Å². The SMILES string of the molecule is Cc1ccc(S(=O)(=O)N(CC(=O)N(Cc2ccc(Cl)c(Cl)c2)[C@@H](Cc2ccccc2)C(=O)NC2CCCC2)c2cccc(Cl)c2)cc1. The van der Waals surface area contributed by atoms with Crippen molar-refractivity contribution in [3.63, 3.8) is 0 Å². The number of halogens is 3. The zero-order valence-corrected chi connectivity index (χ0v) is 29.0. The Balaban J connectivity index is 1.58. The summed E-state index contributed by atoms with van der Waals surface area (Å²) in [5.74, 6) is -0.876. The van der Waals surface area contributed by atoms with E-state index in [0.717, 1.165) is 41.1 Å². The smallest absolute Gasteiger partial charge is 0.264 e. The summed E-state index contributed by atoms with van der Waals surface area (Å²) >= 11 is 18.9. The predicted molar refractivity (Wildman–Crippen MR) is 189 cm³/mol. The third kappa shape index (κ3) is 8.87. The maximum Gasteiger partial charge on any atom is 0.264 e. The number of hydrogen-bond donors (Lipinski definition) is 1. The van der Waals surface area contributed by atoms with E-state index in [9.17, 15) is 18.0 Å². The highest BCUT2D eigenvalue weighted by Gasteiger charge is 2.35. The van der Waals surface area contributed by atoms with Gasteiger partial charge >= 0.3 is 0 Å². The molecule has 0 heterocycles. The molecule has 0 radical (unpaired) electrons. The molecule has 11 heteroatoms. The number of aryl methyl sites for hydroxylation is 1. The zero-order valence-electron chi connectivity index (χ0n) is 25.9. The molecule has 0 aromatic heterocycles. The van der Waals surface area contributed by atoms with Gasteiger partial charge in [0, 0.05) is 24.0 Å². The predicted octanol–water partition coefficient (Wildman–Crippen LogP) is 7.85. The summed E-state index contributed by atoms with van der Waals surface area (Å²) in [6, 6.07) is 26.3. The molecule has 0 unspecified atom stereocenters. The van der Waals surface area contributed by atoms with Crippen LogP contribution >= 0.6 is 34.8 Å². The van der Waals surface area contributed by atoms with Crippen molar-refractivity contribution in [2.45, 2.75) is 62.6 Å². The Morgan fingerprint density at radius 1 is 0.830 bits per heavy atom. The molecule has 0 bridgehead atoms. The van der Waals surface area contributed by atoms with E-state index in [1.807, 2.05) is 37.3 Å². The highest BCUT2D eigenvalue weighted by atomic mass is 35.5. The van der Waals surface area contributed by atoms with Gasteiger partial charge in [-0.25, -0.2) is 8.42 Å². The number of amides is 2. The van der Waals surface area contributed by atoms with Crippen LogP contribution in [0.3, 0.4) is 0 Å². The Morgan fingerprint density at radius 2 is 1.53 bits per heavy atom. The molecule has 1 aliphatic carbocycles. The van der Waals surface area contributed by atoms with Crippen LogP contribution in [0.1, 0.15) is 42.4 Å². The number of anilines is 1. The van der Waals surface area contributed by atoms with Crippen molar-refractivity contribution >= 4 is 62.3 Å². The molecule has 47 heavy (non-hydrogen) atoms. The third-order valence-corrected chi connectivity index (χ3v) is 11.1. The van der Waals surface area contributed by atoms with Crippen molar-refractivity contribution in [3.05, 3.63) is 129 Å². The van der Waals surface area contributed by atoms with Gasteiger partial charge in [0.05, 0.1) is 20.6 Å². The highest BCUT2D eigenvalue weighted by Crippen LogP contribution is 2.29. The van der Waals surface area contributed by atoms with Gasteiger partial charge in [0.25, 0.3) is 10.0 Å². The third-order valence-electron chi connectivity index (χ3n) is 8.29. The van der Waals surface area contributed by atoms with Gasteiger partial charge in [-0.2, -0.15) is 0 Å². The van der Waals surface area contributed by atoms with E-state index >= 15 is 0 Å². The first kappa shape index (κ1) is 34.8. The molecule has 1 saturated carbocycles. The topological polar surface area (TPSA) is 86.8 Å². The number of nitrogens with zero attached hydrogens (tertiary/aromatic N) is 2. The van der Waals surface area contributed by atoms with Gasteiger partial charge in [0.15, 0.2) is 0 Å². The van der Waals surface area contributed by atoms with Gasteiger partial charge in [-0.15, -0.1) is 0 Å². The lowest BCUT2D eigenvalue weighted by molar-refractivity contribution is -0.140. The Bertz CT molecular complexity index is 1820. The van der Waals surface area contributed by atoms with Crippen LogP contribution in [0.5, 0.6) is 0 Å². The molecule has 4 aromatic carbocycles. The van der Waals surface area contributed by atoms with Crippen molar-refractivity contribution in [2.24, 2.45) is 0 Å². The van der Waals surface area contributed by atoms with Gasteiger partial charge in [-0.05, 0) is 73.4 Å². The van der Waals surface area contributed by atoms with Crippen molar-refractivity contribution in [1.82, 2.24) is 10.2 Å². The molecule has 0 saturated heterocycles. The van der Waals surface area contributed by atoms with Crippen molar-refractivity contribution in [2.75, 3.05) is 10.8 Å². The second-order valence-electron chi connectivity index (χ2n) is 11.8. The van der Waals surface area contributed by atoms with Crippen LogP contribution in [0.4, 0.5) is 5.69 Å². The number of benzene rings is 4. The van der Waals surface area contributed by atoms with E-state index in [-0.39, 0.29) is 35.5 Å². The van der Waals surface area contributed by atoms with Gasteiger partial charge in [-0.1, -0.05) is 108 Å². The summed E-state index contributed by atoms with van der Waals surface area (Å²) < 4.78 is 29.4. The first-order chi connectivity index (χ1) is 22.5. The standard InChI is InChI=1S/C36H36Cl3N3O4S/c1-25-14-17-31(18-15-25)47(45,46)42(30-13-7-10-28(37)22-30)24-35(43)41(23-27-16-19-32(38)33(39)20-27)34(21-26-8-3-2-4-9-26)36(44)40-29-11-5-6-12-29/h2-4,7-10,13-20,22,29,34H,5-6,11-12,21,23-24H2,1H3,(H,40,44)/t34-/m0/s1. The maximum atomic E-state index is 14.6. The number of carbonyl (C=O) groups excluding carboxylic acids is 2. The summed E-state index contributed by atoms with van der Waals surface area (Å²) in [5.41, 5.74) is 2.59. The Labute approximate surface area is 291 Å². The van der Waals surface area contributed by atoms with Crippen LogP contribution in [0, 0.1) is 6.92 Å². The monoisotopic (exact) mass is 711 g/mol. The van der Waals surface area contributed by atoms with Crippen molar-refractivity contribution in [3.8, 4) is 0 Å². The molecule has 7 nitrogen and oxygen atoms in total. The van der Waals surface area contributed by atoms with Crippen LogP contribution in [-0.4, -0.2) is 43.8 Å². The highest BCUT2D eigenvalue weighted by molar-refractivity contribution is 7.92. The first-order valence-corrected chi connectivity index (χ1v) is 18.0. The molecule has 0 spiro atoms. The molecule has 1 N–H and O–H groups in total. The average Bonchev–Trinajstić information content (AvgIpc) is 3.56. The van der Waals surface area contributed by atoms with Crippen LogP contribution in [-0.2, 0) is 32.6 Å². The second-order valence-corrected chi connectivity index (χ2v) is 14.9. The summed E-state index contributed by atoms with van der Waals surface area (Å²) in [6.45, 7) is 1.26. The fraction of sp³-hybridized carbons (Fsp3) is 0.278. The van der Waals surface area contributed by atoms with Crippen molar-refractivity contribution in [1.29, 1.82) is 0 Å². The fourth-order valence-electron chi connectivity index (χ4n) is 5.75. The number of rotatable bonds is 12. The molecular formula is C36H36Cl3N3O4S. The minimum atomic E-state index is -4.24. The molecule has 1 fully saturated rings. The van der Waals surface area contributed by atoms with Crippen LogP contribution in [0.2, 0.25) is 15.1 Å². The van der Waals surface area contributed by atoms with Gasteiger partial charge in [0.1, 0.15) is 12.6 Å². The molecule has 246 valence electrons.